The molecule has 3 heterocycles. The lowest BCUT2D eigenvalue weighted by atomic mass is 9.89. The van der Waals surface area contributed by atoms with Crippen molar-refractivity contribution in [2.75, 3.05) is 23.7 Å². The van der Waals surface area contributed by atoms with Gasteiger partial charge >= 0.3 is 0 Å². The van der Waals surface area contributed by atoms with Gasteiger partial charge < -0.3 is 15.8 Å². The van der Waals surface area contributed by atoms with Gasteiger partial charge in [0.05, 0.1) is 40.9 Å². The molecule has 1 unspecified atom stereocenters. The van der Waals surface area contributed by atoms with E-state index in [2.05, 4.69) is 21.1 Å². The summed E-state index contributed by atoms with van der Waals surface area (Å²) in [6.07, 6.45) is 6.71. The first-order valence-electron chi connectivity index (χ1n) is 14.0. The number of sulfonamides is 1. The summed E-state index contributed by atoms with van der Waals surface area (Å²) in [5, 5.41) is 8.89. The van der Waals surface area contributed by atoms with Gasteiger partial charge in [0, 0.05) is 29.4 Å². The smallest absolute Gasteiger partial charge is 0.263 e. The first kappa shape index (κ1) is 29.5. The van der Waals surface area contributed by atoms with E-state index in [0.717, 1.165) is 67.3 Å². The molecule has 0 bridgehead atoms. The van der Waals surface area contributed by atoms with Gasteiger partial charge in [0.2, 0.25) is 0 Å². The molecule has 1 aliphatic heterocycles. The largest absolute Gasteiger partial charge is 0.383 e. The molecular weight excluding hydrogens is 598 g/mol. The van der Waals surface area contributed by atoms with E-state index in [9.17, 15) is 12.8 Å². The predicted molar refractivity (Wildman–Crippen MR) is 163 cm³/mol. The van der Waals surface area contributed by atoms with Gasteiger partial charge in [-0.1, -0.05) is 23.7 Å². The number of hydrogen-bond acceptors (Lipinski definition) is 7. The summed E-state index contributed by atoms with van der Waals surface area (Å²) in [4.78, 5) is 3.99. The van der Waals surface area contributed by atoms with E-state index < -0.39 is 26.6 Å². The number of ether oxygens (including phenoxy) is 1. The maximum absolute atomic E-state index is 15.4. The zero-order chi connectivity index (χ0) is 30.5. The molecule has 2 aromatic carbocycles. The Hall–Kier alpha value is -3.58. The van der Waals surface area contributed by atoms with Crippen LogP contribution in [0, 0.1) is 11.6 Å². The van der Waals surface area contributed by atoms with Gasteiger partial charge in [0.15, 0.2) is 0 Å². The number of pyridine rings is 1. The topological polar surface area (TPSA) is 124 Å². The first-order valence-corrected chi connectivity index (χ1v) is 15.9. The molecule has 1 saturated heterocycles. The van der Waals surface area contributed by atoms with Gasteiger partial charge in [0.25, 0.3) is 10.0 Å². The zero-order valence-corrected chi connectivity index (χ0v) is 25.1. The fourth-order valence-electron chi connectivity index (χ4n) is 5.53. The number of fused-ring (bicyclic) bond motifs is 1. The molecule has 1 fully saturated rings. The zero-order valence-electron chi connectivity index (χ0n) is 23.6. The lowest BCUT2D eigenvalue weighted by Gasteiger charge is -2.33. The van der Waals surface area contributed by atoms with E-state index in [1.165, 1.54) is 12.1 Å². The molecule has 4 aromatic rings. The van der Waals surface area contributed by atoms with E-state index in [-0.39, 0.29) is 22.6 Å². The number of halogens is 3. The van der Waals surface area contributed by atoms with Crippen molar-refractivity contribution in [2.24, 2.45) is 0 Å². The standard InChI is InChI=1S/C30H31ClF2N6O3S/c1-16(2)39-29-22(17-3-7-20(8-4-17)36-21-14-42-15-21)13-35-30(34)27(29)28(37-39)18-5-10-25(24(33)11-18)38-43(40,41)26-12-19(32)6-9-23(26)31/h3,5-6,9-13,16,20-21,36,38H,4,7-8,14-15H2,1-2H3,(H2,34,35). The molecule has 226 valence electrons. The maximum Gasteiger partial charge on any atom is 0.263 e. The summed E-state index contributed by atoms with van der Waals surface area (Å²) >= 11 is 5.97. The SMILES string of the molecule is CC(C)n1nc(-c2ccc(NS(=O)(=O)c3cc(F)ccc3Cl)c(F)c2)c2c(N)ncc(C3=CCC(NC4COC4)CC3)c21. The van der Waals surface area contributed by atoms with Gasteiger partial charge in [-0.05, 0) is 69.0 Å². The predicted octanol–water partition coefficient (Wildman–Crippen LogP) is 5.92. The van der Waals surface area contributed by atoms with Crippen LogP contribution in [0.1, 0.15) is 44.7 Å². The van der Waals surface area contributed by atoms with Crippen molar-refractivity contribution in [3.8, 4) is 11.3 Å². The van der Waals surface area contributed by atoms with Crippen LogP contribution in [0.25, 0.3) is 27.7 Å². The third-order valence-corrected chi connectivity index (χ3v) is 9.63. The Balaban J connectivity index is 1.36. The molecule has 0 amide bonds. The van der Waals surface area contributed by atoms with Crippen molar-refractivity contribution in [3.05, 3.63) is 70.9 Å². The number of nitrogen functional groups attached to an aromatic ring is 1. The molecule has 6 rings (SSSR count). The lowest BCUT2D eigenvalue weighted by molar-refractivity contribution is -0.0103. The second-order valence-electron chi connectivity index (χ2n) is 11.1. The van der Waals surface area contributed by atoms with Gasteiger partial charge in [-0.15, -0.1) is 0 Å². The van der Waals surface area contributed by atoms with Gasteiger partial charge in [-0.2, -0.15) is 5.10 Å². The van der Waals surface area contributed by atoms with Crippen LogP contribution in [0.2, 0.25) is 5.02 Å². The van der Waals surface area contributed by atoms with Gasteiger partial charge in [-0.3, -0.25) is 9.40 Å². The normalized spacial score (nSPS) is 17.7. The Morgan fingerprint density at radius 3 is 2.58 bits per heavy atom. The first-order chi connectivity index (χ1) is 20.5. The molecule has 0 radical (unpaired) electrons. The Morgan fingerprint density at radius 2 is 1.93 bits per heavy atom. The highest BCUT2D eigenvalue weighted by Crippen LogP contribution is 2.40. The number of allylic oxidation sites excluding steroid dienone is 1. The minimum absolute atomic E-state index is 0.0408. The Kier molecular flexibility index (Phi) is 7.88. The maximum atomic E-state index is 15.4. The molecule has 1 aliphatic carbocycles. The number of nitrogens with two attached hydrogens (primary N) is 1. The molecule has 13 heteroatoms. The van der Waals surface area contributed by atoms with Crippen molar-refractivity contribution >= 4 is 49.6 Å². The Labute approximate surface area is 253 Å². The summed E-state index contributed by atoms with van der Waals surface area (Å²) in [6, 6.07) is 7.71. The fourth-order valence-corrected chi connectivity index (χ4v) is 7.11. The molecule has 2 aliphatic rings. The van der Waals surface area contributed by atoms with Crippen LogP contribution in [-0.2, 0) is 14.8 Å². The number of benzene rings is 2. The average molecular weight is 629 g/mol. The van der Waals surface area contributed by atoms with E-state index in [1.54, 1.807) is 12.3 Å². The second kappa shape index (κ2) is 11.5. The van der Waals surface area contributed by atoms with Crippen LogP contribution in [0.15, 0.2) is 53.6 Å². The third kappa shape index (κ3) is 5.72. The molecule has 0 spiro atoms. The summed E-state index contributed by atoms with van der Waals surface area (Å²) in [5.74, 6) is -1.38. The quantitative estimate of drug-likeness (QED) is 0.221. The van der Waals surface area contributed by atoms with Crippen molar-refractivity contribution in [3.63, 3.8) is 0 Å². The van der Waals surface area contributed by atoms with Crippen LogP contribution in [0.4, 0.5) is 20.3 Å². The summed E-state index contributed by atoms with van der Waals surface area (Å²) in [7, 11) is -4.37. The highest BCUT2D eigenvalue weighted by Gasteiger charge is 2.27. The number of anilines is 2. The van der Waals surface area contributed by atoms with Gasteiger partial charge in [0.1, 0.15) is 28.0 Å². The van der Waals surface area contributed by atoms with Crippen molar-refractivity contribution in [1.29, 1.82) is 0 Å². The second-order valence-corrected chi connectivity index (χ2v) is 13.2. The molecule has 9 nitrogen and oxygen atoms in total. The highest BCUT2D eigenvalue weighted by molar-refractivity contribution is 7.92. The van der Waals surface area contributed by atoms with Crippen molar-refractivity contribution in [2.45, 2.75) is 56.1 Å². The van der Waals surface area contributed by atoms with Crippen LogP contribution in [0.3, 0.4) is 0 Å². The summed E-state index contributed by atoms with van der Waals surface area (Å²) in [5.41, 5.74) is 9.80. The van der Waals surface area contributed by atoms with Crippen LogP contribution < -0.4 is 15.8 Å². The van der Waals surface area contributed by atoms with Crippen molar-refractivity contribution in [1.82, 2.24) is 20.1 Å². The number of nitrogens with zero attached hydrogens (tertiary/aromatic N) is 3. The van der Waals surface area contributed by atoms with Crippen LogP contribution in [-0.4, -0.2) is 48.5 Å². The molecule has 1 atom stereocenters. The summed E-state index contributed by atoms with van der Waals surface area (Å²) < 4.78 is 64.2. The average Bonchev–Trinajstić information content (AvgIpc) is 3.36. The number of rotatable bonds is 8. The number of hydrogen-bond donors (Lipinski definition) is 3. The number of nitrogens with one attached hydrogen (secondary N) is 2. The monoisotopic (exact) mass is 628 g/mol. The summed E-state index contributed by atoms with van der Waals surface area (Å²) in [6.45, 7) is 5.51. The van der Waals surface area contributed by atoms with E-state index in [1.807, 2.05) is 18.5 Å². The third-order valence-electron chi connectivity index (χ3n) is 7.78. The molecule has 2 aromatic heterocycles. The molecule has 43 heavy (non-hydrogen) atoms. The van der Waals surface area contributed by atoms with E-state index in [0.29, 0.717) is 28.7 Å². The van der Waals surface area contributed by atoms with Gasteiger partial charge in [-0.25, -0.2) is 22.2 Å². The molecular formula is C30H31ClF2N6O3S. The highest BCUT2D eigenvalue weighted by atomic mass is 35.5. The minimum Gasteiger partial charge on any atom is -0.383 e. The van der Waals surface area contributed by atoms with E-state index in [4.69, 9.17) is 27.2 Å². The van der Waals surface area contributed by atoms with Crippen LogP contribution >= 0.6 is 11.6 Å². The van der Waals surface area contributed by atoms with E-state index >= 15 is 4.39 Å². The number of aromatic nitrogens is 3. The minimum atomic E-state index is -4.37. The molecule has 4 N–H and O–H groups in total. The fraction of sp³-hybridized carbons (Fsp3) is 0.333. The van der Waals surface area contributed by atoms with Crippen molar-refractivity contribution < 1.29 is 21.9 Å². The molecule has 0 saturated carbocycles. The Morgan fingerprint density at radius 1 is 1.14 bits per heavy atom. The lowest BCUT2D eigenvalue weighted by Crippen LogP contribution is -2.50. The van der Waals surface area contributed by atoms with Crippen LogP contribution in [0.5, 0.6) is 0 Å². The Bertz CT molecular complexity index is 1860.